The Morgan fingerprint density at radius 2 is 1.62 bits per heavy atom. The molecule has 0 aliphatic carbocycles. The molecule has 1 aromatic carbocycles. The fraction of sp³-hybridized carbons (Fsp3) is 0.455. The Morgan fingerprint density at radius 1 is 1.08 bits per heavy atom. The van der Waals surface area contributed by atoms with Gasteiger partial charge in [0.15, 0.2) is 0 Å². The first-order valence-corrected chi connectivity index (χ1v) is 10.4. The summed E-state index contributed by atoms with van der Waals surface area (Å²) < 4.78 is 0. The van der Waals surface area contributed by atoms with E-state index in [4.69, 9.17) is 0 Å². The van der Waals surface area contributed by atoms with Gasteiger partial charge in [0.25, 0.3) is 0 Å². The molecule has 0 N–H and O–H groups in total. The summed E-state index contributed by atoms with van der Waals surface area (Å²) >= 11 is 3.87. The molecule has 0 saturated heterocycles. The van der Waals surface area contributed by atoms with Crippen LogP contribution in [0.4, 0.5) is 0 Å². The molecule has 0 unspecified atom stereocenters. The molecule has 1 rings (SSSR count). The van der Waals surface area contributed by atoms with Crippen LogP contribution in [0.5, 0.6) is 0 Å². The first kappa shape index (κ1) is 11.2. The van der Waals surface area contributed by atoms with Crippen LogP contribution >= 0.6 is 20.8 Å². The fourth-order valence-corrected chi connectivity index (χ4v) is 2.70. The number of hydrogen-bond donors (Lipinski definition) is 0. The van der Waals surface area contributed by atoms with E-state index in [9.17, 15) is 0 Å². The Hall–Kier alpha value is 0.130. The molecule has 0 amide bonds. The van der Waals surface area contributed by atoms with Crippen LogP contribution in [0.1, 0.15) is 5.56 Å². The number of rotatable bonds is 3. The van der Waals surface area contributed by atoms with Crippen LogP contribution in [0.15, 0.2) is 30.3 Å². The normalized spacial score (nSPS) is 14.9. The maximum absolute atomic E-state index is 3.87. The second-order valence-electron chi connectivity index (χ2n) is 4.88. The average Bonchev–Trinajstić information content (AvgIpc) is 2.01. The van der Waals surface area contributed by atoms with Gasteiger partial charge in [0, 0.05) is 0 Å². The van der Waals surface area contributed by atoms with Crippen molar-refractivity contribution in [3.63, 3.8) is 0 Å². The van der Waals surface area contributed by atoms with Crippen LogP contribution in [0, 0.1) is 0 Å². The Morgan fingerprint density at radius 3 is 2.08 bits per heavy atom. The van der Waals surface area contributed by atoms with Crippen LogP contribution in [-0.4, -0.2) is 26.2 Å². The summed E-state index contributed by atoms with van der Waals surface area (Å²) in [6.45, 7) is 7.07. The molecule has 74 valence electrons. The number of aryl methyl sites for hydroxylation is 1. The summed E-state index contributed by atoms with van der Waals surface area (Å²) in [5.74, 6) is 0. The van der Waals surface area contributed by atoms with Crippen molar-refractivity contribution < 1.29 is 0 Å². The van der Waals surface area contributed by atoms with Gasteiger partial charge < -0.3 is 0 Å². The quantitative estimate of drug-likeness (QED) is 0.722. The summed E-state index contributed by atoms with van der Waals surface area (Å²) in [4.78, 5) is 0. The predicted molar refractivity (Wildman–Crippen MR) is 68.6 cm³/mol. The molecule has 0 heterocycles. The van der Waals surface area contributed by atoms with Gasteiger partial charge in [0.2, 0.25) is 0 Å². The van der Waals surface area contributed by atoms with Crippen molar-refractivity contribution in [1.82, 2.24) is 0 Å². The van der Waals surface area contributed by atoms with Gasteiger partial charge in [-0.05, 0) is 0 Å². The molecule has 0 saturated carbocycles. The monoisotopic (exact) mass is 260 g/mol. The molecule has 0 aliphatic heterocycles. The van der Waals surface area contributed by atoms with E-state index in [-0.39, 0.29) is 0 Å². The second-order valence-corrected chi connectivity index (χ2v) is 19.0. The van der Waals surface area contributed by atoms with E-state index >= 15 is 0 Å². The minimum atomic E-state index is -1.48. The summed E-state index contributed by atoms with van der Waals surface area (Å²) in [6, 6.07) is 10.7. The summed E-state index contributed by atoms with van der Waals surface area (Å²) in [7, 11) is 0. The van der Waals surface area contributed by atoms with Gasteiger partial charge in [-0.25, -0.2) is 0 Å². The van der Waals surface area contributed by atoms with E-state index in [1.165, 1.54) is 18.1 Å². The van der Waals surface area contributed by atoms with E-state index in [1.807, 2.05) is 0 Å². The Labute approximate surface area is 89.4 Å². The van der Waals surface area contributed by atoms with E-state index in [0.29, 0.717) is 0 Å². The van der Waals surface area contributed by atoms with Crippen LogP contribution in [0.2, 0.25) is 0 Å². The third-order valence-corrected chi connectivity index (χ3v) is 4.80. The Bertz CT molecular complexity index is 262. The molecule has 0 nitrogen and oxygen atoms in total. The topological polar surface area (TPSA) is 0 Å². The van der Waals surface area contributed by atoms with E-state index < -0.39 is 5.31 Å². The van der Waals surface area contributed by atoms with Gasteiger partial charge in [-0.15, -0.1) is 0 Å². The zero-order valence-electron chi connectivity index (χ0n) is 8.63. The Balaban J connectivity index is 2.54. The van der Waals surface area contributed by atoms with Crippen molar-refractivity contribution in [2.45, 2.75) is 6.42 Å². The van der Waals surface area contributed by atoms with Crippen molar-refractivity contribution in [3.05, 3.63) is 35.9 Å². The molecule has 0 spiro atoms. The third-order valence-electron chi connectivity index (χ3n) is 2.00. The molecule has 1 aromatic rings. The second kappa shape index (κ2) is 3.71. The number of halogens is 1. The van der Waals surface area contributed by atoms with Crippen molar-refractivity contribution in [3.8, 4) is 0 Å². The van der Waals surface area contributed by atoms with Crippen LogP contribution < -0.4 is 0 Å². The molecule has 0 aliphatic rings. The standard InChI is InChI=1S/C11H18BrP/c1-13(2,3,12)10-9-11-7-5-4-6-8-11/h4-8H,9-10H2,1-3H3. The van der Waals surface area contributed by atoms with Crippen LogP contribution in [-0.2, 0) is 6.42 Å². The van der Waals surface area contributed by atoms with Gasteiger partial charge in [0.05, 0.1) is 0 Å². The molecule has 0 radical (unpaired) electrons. The van der Waals surface area contributed by atoms with E-state index in [0.717, 1.165) is 0 Å². The molecule has 0 bridgehead atoms. The molecular weight excluding hydrogens is 243 g/mol. The third kappa shape index (κ3) is 5.44. The first-order valence-electron chi connectivity index (χ1n) is 4.59. The molecule has 13 heavy (non-hydrogen) atoms. The van der Waals surface area contributed by atoms with Crippen LogP contribution in [0.3, 0.4) is 0 Å². The van der Waals surface area contributed by atoms with Gasteiger partial charge in [0.1, 0.15) is 0 Å². The van der Waals surface area contributed by atoms with Crippen molar-refractivity contribution in [2.24, 2.45) is 0 Å². The summed E-state index contributed by atoms with van der Waals surface area (Å²) in [5.41, 5.74) is 1.45. The molecule has 2 heteroatoms. The van der Waals surface area contributed by atoms with Crippen molar-refractivity contribution >= 4 is 20.8 Å². The zero-order valence-corrected chi connectivity index (χ0v) is 11.1. The number of benzene rings is 1. The molecular formula is C11H18BrP. The van der Waals surface area contributed by atoms with Gasteiger partial charge in [-0.3, -0.25) is 0 Å². The first-order chi connectivity index (χ1) is 5.83. The number of hydrogen-bond acceptors (Lipinski definition) is 0. The van der Waals surface area contributed by atoms with Crippen LogP contribution in [0.25, 0.3) is 0 Å². The zero-order chi connectivity index (χ0) is 9.97. The van der Waals surface area contributed by atoms with Gasteiger partial charge in [-0.2, -0.15) is 0 Å². The predicted octanol–water partition coefficient (Wildman–Crippen LogP) is 3.98. The van der Waals surface area contributed by atoms with Gasteiger partial charge >= 0.3 is 89.3 Å². The van der Waals surface area contributed by atoms with Gasteiger partial charge in [-0.1, -0.05) is 0 Å². The SMILES string of the molecule is CP(C)(C)(Br)CCc1ccccc1. The minimum absolute atomic E-state index is 1.19. The van der Waals surface area contributed by atoms with E-state index in [1.54, 1.807) is 0 Å². The average molecular weight is 261 g/mol. The molecule has 0 fully saturated rings. The molecule has 0 atom stereocenters. The molecule has 0 aromatic heterocycles. The summed E-state index contributed by atoms with van der Waals surface area (Å²) in [5, 5.41) is -1.48. The maximum atomic E-state index is 3.87. The van der Waals surface area contributed by atoms with E-state index in [2.05, 4.69) is 65.8 Å². The van der Waals surface area contributed by atoms with Crippen molar-refractivity contribution in [2.75, 3.05) is 26.2 Å². The van der Waals surface area contributed by atoms with Crippen molar-refractivity contribution in [1.29, 1.82) is 0 Å². The summed E-state index contributed by atoms with van der Waals surface area (Å²) in [6.07, 6.45) is 2.46. The Kier molecular flexibility index (Phi) is 3.20. The fourth-order valence-electron chi connectivity index (χ4n) is 1.15.